The molecule has 2 aliphatic carbocycles. The first-order chi connectivity index (χ1) is 7.97. The van der Waals surface area contributed by atoms with E-state index in [0.29, 0.717) is 0 Å². The fourth-order valence-corrected chi connectivity index (χ4v) is 3.92. The van der Waals surface area contributed by atoms with Crippen molar-refractivity contribution < 1.29 is 0 Å². The zero-order chi connectivity index (χ0) is 12.6. The minimum absolute atomic E-state index is 0.207. The fraction of sp³-hybridized carbons (Fsp3) is 0.875. The number of allylic oxidation sites excluding steroid dienone is 1. The lowest BCUT2D eigenvalue weighted by atomic mass is 9.61. The van der Waals surface area contributed by atoms with Crippen LogP contribution in [0.5, 0.6) is 0 Å². The molecular formula is C16H28N-. The van der Waals surface area contributed by atoms with E-state index in [0.717, 1.165) is 30.1 Å². The average Bonchev–Trinajstić information content (AvgIpc) is 2.29. The third kappa shape index (κ3) is 2.45. The molecule has 0 heterocycles. The molecule has 1 fully saturated rings. The molecule has 98 valence electrons. The quantitative estimate of drug-likeness (QED) is 0.610. The molecule has 0 spiro atoms. The van der Waals surface area contributed by atoms with Gasteiger partial charge in [-0.3, -0.25) is 0 Å². The molecule has 0 aromatic heterocycles. The second-order valence-corrected chi connectivity index (χ2v) is 6.83. The molecule has 0 aromatic carbocycles. The summed E-state index contributed by atoms with van der Waals surface area (Å²) in [5.41, 5.74) is 1.97. The van der Waals surface area contributed by atoms with Crippen molar-refractivity contribution in [3.63, 3.8) is 0 Å². The van der Waals surface area contributed by atoms with Gasteiger partial charge >= 0.3 is 0 Å². The number of hydrogen-bond donors (Lipinski definition) is 0. The highest BCUT2D eigenvalue weighted by Crippen LogP contribution is 2.49. The Morgan fingerprint density at radius 3 is 2.65 bits per heavy atom. The predicted octanol–water partition coefficient (Wildman–Crippen LogP) is 4.79. The van der Waals surface area contributed by atoms with E-state index < -0.39 is 0 Å². The molecule has 0 amide bonds. The summed E-state index contributed by atoms with van der Waals surface area (Å²) in [7, 11) is 2.00. The van der Waals surface area contributed by atoms with Gasteiger partial charge in [0.1, 0.15) is 0 Å². The summed E-state index contributed by atoms with van der Waals surface area (Å²) in [6.45, 7) is 9.54. The standard InChI is InChI=1S/C16H28N/c1-11(2)13-7-6-12(3)14-8-9-16(4,17-5)10-15(13)14/h8,11-13,15H,6-7,9-10H2,1-5H3/q-1. The molecule has 1 saturated carbocycles. The van der Waals surface area contributed by atoms with E-state index in [1.54, 1.807) is 5.57 Å². The van der Waals surface area contributed by atoms with Crippen LogP contribution in [0.2, 0.25) is 0 Å². The van der Waals surface area contributed by atoms with Gasteiger partial charge in [0.25, 0.3) is 0 Å². The Hall–Kier alpha value is -0.300. The number of fused-ring (bicyclic) bond motifs is 1. The van der Waals surface area contributed by atoms with Crippen molar-refractivity contribution in [2.24, 2.45) is 23.7 Å². The Morgan fingerprint density at radius 1 is 1.35 bits per heavy atom. The van der Waals surface area contributed by atoms with Gasteiger partial charge in [-0.15, -0.1) is 5.54 Å². The highest BCUT2D eigenvalue weighted by atomic mass is 14.9. The van der Waals surface area contributed by atoms with Crippen LogP contribution < -0.4 is 0 Å². The van der Waals surface area contributed by atoms with Crippen LogP contribution in [0, 0.1) is 23.7 Å². The maximum absolute atomic E-state index is 4.64. The van der Waals surface area contributed by atoms with Crippen LogP contribution in [-0.2, 0) is 0 Å². The van der Waals surface area contributed by atoms with Crippen LogP contribution in [0.3, 0.4) is 0 Å². The summed E-state index contributed by atoms with van der Waals surface area (Å²) in [5.74, 6) is 3.33. The monoisotopic (exact) mass is 234 g/mol. The lowest BCUT2D eigenvalue weighted by Gasteiger charge is -2.52. The van der Waals surface area contributed by atoms with Crippen LogP contribution in [0.4, 0.5) is 0 Å². The second-order valence-electron chi connectivity index (χ2n) is 6.83. The van der Waals surface area contributed by atoms with E-state index in [1.807, 2.05) is 7.05 Å². The third-order valence-corrected chi connectivity index (χ3v) is 5.28. The van der Waals surface area contributed by atoms with Gasteiger partial charge in [0.05, 0.1) is 0 Å². The van der Waals surface area contributed by atoms with Crippen molar-refractivity contribution in [1.82, 2.24) is 0 Å². The van der Waals surface area contributed by atoms with E-state index in [1.165, 1.54) is 19.3 Å². The van der Waals surface area contributed by atoms with Crippen molar-refractivity contribution in [1.29, 1.82) is 0 Å². The molecule has 4 atom stereocenters. The summed E-state index contributed by atoms with van der Waals surface area (Å²) in [5, 5.41) is 4.64. The Kier molecular flexibility index (Phi) is 3.68. The van der Waals surface area contributed by atoms with Crippen LogP contribution in [0.25, 0.3) is 5.32 Å². The molecule has 1 heteroatoms. The topological polar surface area (TPSA) is 14.1 Å². The number of nitrogens with zero attached hydrogens (tertiary/aromatic N) is 1. The smallest absolute Gasteiger partial charge is 0.0181 e. The van der Waals surface area contributed by atoms with Crippen LogP contribution in [0.15, 0.2) is 11.6 Å². The van der Waals surface area contributed by atoms with E-state index >= 15 is 0 Å². The zero-order valence-electron chi connectivity index (χ0n) is 12.2. The summed E-state index contributed by atoms with van der Waals surface area (Å²) < 4.78 is 0. The predicted molar refractivity (Wildman–Crippen MR) is 75.2 cm³/mol. The van der Waals surface area contributed by atoms with E-state index in [9.17, 15) is 0 Å². The van der Waals surface area contributed by atoms with Crippen molar-refractivity contribution >= 4 is 0 Å². The fourth-order valence-electron chi connectivity index (χ4n) is 3.92. The van der Waals surface area contributed by atoms with Gasteiger partial charge in [-0.25, -0.2) is 0 Å². The first kappa shape index (κ1) is 13.1. The molecule has 0 aromatic rings. The highest BCUT2D eigenvalue weighted by Gasteiger charge is 2.38. The summed E-state index contributed by atoms with van der Waals surface area (Å²) in [4.78, 5) is 0. The number of hydrogen-bond acceptors (Lipinski definition) is 0. The summed E-state index contributed by atoms with van der Waals surface area (Å²) >= 11 is 0. The molecule has 0 aliphatic heterocycles. The number of rotatable bonds is 2. The molecule has 0 saturated heterocycles. The Morgan fingerprint density at radius 2 is 2.06 bits per heavy atom. The van der Waals surface area contributed by atoms with Gasteiger partial charge in [0, 0.05) is 0 Å². The van der Waals surface area contributed by atoms with Crippen molar-refractivity contribution in [2.45, 2.75) is 58.9 Å². The Labute approximate surface area is 107 Å². The van der Waals surface area contributed by atoms with Gasteiger partial charge in [0.2, 0.25) is 0 Å². The highest BCUT2D eigenvalue weighted by molar-refractivity contribution is 5.24. The van der Waals surface area contributed by atoms with E-state index in [2.05, 4.69) is 39.1 Å². The van der Waals surface area contributed by atoms with Crippen molar-refractivity contribution in [3.8, 4) is 0 Å². The van der Waals surface area contributed by atoms with Gasteiger partial charge in [0.15, 0.2) is 0 Å². The minimum atomic E-state index is 0.207. The molecule has 0 bridgehead atoms. The summed E-state index contributed by atoms with van der Waals surface area (Å²) in [6.07, 6.45) is 7.78. The Balaban J connectivity index is 2.25. The molecule has 4 unspecified atom stereocenters. The average molecular weight is 234 g/mol. The maximum Gasteiger partial charge on any atom is -0.0181 e. The van der Waals surface area contributed by atoms with E-state index in [-0.39, 0.29) is 5.54 Å². The van der Waals surface area contributed by atoms with Crippen LogP contribution in [0.1, 0.15) is 53.4 Å². The van der Waals surface area contributed by atoms with Gasteiger partial charge in [-0.1, -0.05) is 45.8 Å². The van der Waals surface area contributed by atoms with Crippen molar-refractivity contribution in [2.75, 3.05) is 7.05 Å². The lowest BCUT2D eigenvalue weighted by Crippen LogP contribution is -2.39. The molecule has 17 heavy (non-hydrogen) atoms. The van der Waals surface area contributed by atoms with Crippen molar-refractivity contribution in [3.05, 3.63) is 17.0 Å². The Bertz CT molecular complexity index is 305. The SMILES string of the molecule is C[N-]C1(C)CC=C2C(C)CCC(C(C)C)C2C1. The molecule has 2 aliphatic rings. The summed E-state index contributed by atoms with van der Waals surface area (Å²) in [6, 6.07) is 0. The third-order valence-electron chi connectivity index (χ3n) is 5.28. The normalized spacial score (nSPS) is 42.2. The van der Waals surface area contributed by atoms with Crippen LogP contribution in [-0.4, -0.2) is 12.6 Å². The zero-order valence-corrected chi connectivity index (χ0v) is 12.2. The molecule has 0 N–H and O–H groups in total. The van der Waals surface area contributed by atoms with Crippen LogP contribution >= 0.6 is 0 Å². The molecular weight excluding hydrogens is 206 g/mol. The largest absolute Gasteiger partial charge is 0.659 e. The van der Waals surface area contributed by atoms with E-state index in [4.69, 9.17) is 0 Å². The lowest BCUT2D eigenvalue weighted by molar-refractivity contribution is 0.166. The first-order valence-corrected chi connectivity index (χ1v) is 7.28. The van der Waals surface area contributed by atoms with Gasteiger partial charge < -0.3 is 5.32 Å². The first-order valence-electron chi connectivity index (χ1n) is 7.28. The molecule has 2 rings (SSSR count). The molecule has 1 nitrogen and oxygen atoms in total. The second kappa shape index (κ2) is 4.76. The van der Waals surface area contributed by atoms with Gasteiger partial charge in [-0.05, 0) is 42.9 Å². The minimum Gasteiger partial charge on any atom is -0.659 e. The molecule has 0 radical (unpaired) electrons. The van der Waals surface area contributed by atoms with Gasteiger partial charge in [-0.2, -0.15) is 7.05 Å². The maximum atomic E-state index is 4.64.